The van der Waals surface area contributed by atoms with Gasteiger partial charge in [-0.15, -0.1) is 0 Å². The van der Waals surface area contributed by atoms with Crippen molar-refractivity contribution in [3.05, 3.63) is 47.3 Å². The molecule has 0 unspecified atom stereocenters. The molecule has 23 heavy (non-hydrogen) atoms. The lowest BCUT2D eigenvalue weighted by atomic mass is 10.1. The van der Waals surface area contributed by atoms with Gasteiger partial charge in [0.25, 0.3) is 5.91 Å². The van der Waals surface area contributed by atoms with E-state index in [4.69, 9.17) is 4.74 Å². The van der Waals surface area contributed by atoms with Crippen LogP contribution in [0.1, 0.15) is 26.5 Å². The van der Waals surface area contributed by atoms with E-state index in [1.54, 1.807) is 4.57 Å². The Hall–Kier alpha value is -2.77. The van der Waals surface area contributed by atoms with Crippen LogP contribution in [0.15, 0.2) is 24.5 Å². The molecule has 0 saturated carbocycles. The van der Waals surface area contributed by atoms with E-state index in [2.05, 4.69) is 4.98 Å². The maximum absolute atomic E-state index is 13.5. The van der Waals surface area contributed by atoms with E-state index in [1.165, 1.54) is 30.4 Å². The lowest BCUT2D eigenvalue weighted by molar-refractivity contribution is 0.0471. The Labute approximate surface area is 130 Å². The molecule has 2 heterocycles. The maximum Gasteiger partial charge on any atom is 0.359 e. The van der Waals surface area contributed by atoms with Gasteiger partial charge >= 0.3 is 5.97 Å². The van der Waals surface area contributed by atoms with E-state index >= 15 is 0 Å². The second kappa shape index (κ2) is 5.79. The van der Waals surface area contributed by atoms with Crippen LogP contribution >= 0.6 is 0 Å². The van der Waals surface area contributed by atoms with Gasteiger partial charge in [0.15, 0.2) is 5.69 Å². The molecule has 0 atom stereocenters. The third-order valence-corrected chi connectivity index (χ3v) is 3.55. The van der Waals surface area contributed by atoms with E-state index in [0.29, 0.717) is 11.4 Å². The molecule has 3 rings (SSSR count). The van der Waals surface area contributed by atoms with Crippen LogP contribution in [0.2, 0.25) is 0 Å². The average molecular weight is 320 g/mol. The molecule has 6 nitrogen and oxygen atoms in total. The van der Waals surface area contributed by atoms with Crippen LogP contribution in [0.3, 0.4) is 0 Å². The Bertz CT molecular complexity index is 788. The number of aromatic nitrogens is 2. The predicted octanol–water partition coefficient (Wildman–Crippen LogP) is 1.72. The minimum atomic E-state index is -0.789. The molecule has 0 N–H and O–H groups in total. The number of rotatable bonds is 3. The first-order chi connectivity index (χ1) is 11.0. The fourth-order valence-corrected chi connectivity index (χ4v) is 2.49. The first kappa shape index (κ1) is 15.1. The molecule has 1 amide bonds. The fourth-order valence-electron chi connectivity index (χ4n) is 2.49. The third kappa shape index (κ3) is 2.56. The van der Waals surface area contributed by atoms with Gasteiger partial charge in [-0.2, -0.15) is 0 Å². The molecule has 1 aromatic heterocycles. The van der Waals surface area contributed by atoms with Crippen LogP contribution in [-0.4, -0.2) is 46.7 Å². The summed E-state index contributed by atoms with van der Waals surface area (Å²) in [5.41, 5.74) is 1.03. The van der Waals surface area contributed by atoms with Crippen molar-refractivity contribution in [2.45, 2.75) is 6.54 Å². The summed E-state index contributed by atoms with van der Waals surface area (Å²) in [6.45, 7) is -1.06. The number of hydrogen-bond donors (Lipinski definition) is 0. The smallest absolute Gasteiger partial charge is 0.359 e. The van der Waals surface area contributed by atoms with Crippen molar-refractivity contribution in [1.29, 1.82) is 0 Å². The molecule has 120 valence electrons. The highest BCUT2D eigenvalue weighted by Gasteiger charge is 2.29. The molecule has 0 bridgehead atoms. The highest BCUT2D eigenvalue weighted by Crippen LogP contribution is 2.26. The van der Waals surface area contributed by atoms with Crippen LogP contribution in [0, 0.1) is 5.82 Å². The van der Waals surface area contributed by atoms with E-state index < -0.39 is 18.5 Å². The summed E-state index contributed by atoms with van der Waals surface area (Å²) in [6.07, 6.45) is 1.37. The fraction of sp³-hybridized carbons (Fsp3) is 0.267. The first-order valence-corrected chi connectivity index (χ1v) is 6.87. The van der Waals surface area contributed by atoms with Gasteiger partial charge in [-0.25, -0.2) is 18.6 Å². The molecule has 0 saturated heterocycles. The number of benzene rings is 1. The molecule has 1 aliphatic rings. The summed E-state index contributed by atoms with van der Waals surface area (Å²) in [4.78, 5) is 29.7. The molecular weight excluding hydrogens is 307 g/mol. The minimum absolute atomic E-state index is 0.00951. The van der Waals surface area contributed by atoms with Gasteiger partial charge in [0.1, 0.15) is 25.4 Å². The van der Waals surface area contributed by atoms with Gasteiger partial charge in [-0.3, -0.25) is 9.36 Å². The second-order valence-electron chi connectivity index (χ2n) is 5.06. The molecule has 8 heteroatoms. The lowest BCUT2D eigenvalue weighted by Gasteiger charge is -2.14. The van der Waals surface area contributed by atoms with Crippen molar-refractivity contribution in [2.75, 3.05) is 20.3 Å². The number of amides is 1. The number of halogens is 2. The lowest BCUT2D eigenvalue weighted by Crippen LogP contribution is -2.26. The van der Waals surface area contributed by atoms with Crippen LogP contribution in [-0.2, 0) is 11.3 Å². The summed E-state index contributed by atoms with van der Waals surface area (Å²) in [7, 11) is 1.54. The van der Waals surface area contributed by atoms with Crippen molar-refractivity contribution in [3.63, 3.8) is 0 Å². The van der Waals surface area contributed by atoms with E-state index in [1.807, 2.05) is 0 Å². The number of imidazole rings is 1. The molecule has 1 aliphatic heterocycles. The van der Waals surface area contributed by atoms with Gasteiger partial charge in [-0.05, 0) is 18.2 Å². The number of carbonyl (C=O) groups is 2. The van der Waals surface area contributed by atoms with E-state index in [-0.39, 0.29) is 30.3 Å². The Morgan fingerprint density at radius 2 is 2.22 bits per heavy atom. The SMILES string of the molecule is CN1Cc2c(C(=O)OCC[18F])ncn2-c2ccc(F)cc2C1=O. The molecule has 1 aromatic carbocycles. The quantitative estimate of drug-likeness (QED) is 0.808. The van der Waals surface area contributed by atoms with Crippen LogP contribution in [0.4, 0.5) is 8.78 Å². The topological polar surface area (TPSA) is 64.4 Å². The Morgan fingerprint density at radius 1 is 1.43 bits per heavy atom. The van der Waals surface area contributed by atoms with Gasteiger partial charge < -0.3 is 9.64 Å². The number of nitrogens with zero attached hydrogens (tertiary/aromatic N) is 3. The average Bonchev–Trinajstić information content (AvgIpc) is 2.91. The van der Waals surface area contributed by atoms with Gasteiger partial charge in [0.2, 0.25) is 0 Å². The Kier molecular flexibility index (Phi) is 3.81. The van der Waals surface area contributed by atoms with E-state index in [9.17, 15) is 18.4 Å². The second-order valence-corrected chi connectivity index (χ2v) is 5.06. The van der Waals surface area contributed by atoms with E-state index in [0.717, 1.165) is 6.07 Å². The number of fused-ring (bicyclic) bond motifs is 3. The predicted molar refractivity (Wildman–Crippen MR) is 75.6 cm³/mol. The molecular formula is C15H13F2N3O3. The molecule has 2 aromatic rings. The summed E-state index contributed by atoms with van der Waals surface area (Å²) in [6, 6.07) is 3.82. The standard InChI is InChI=1S/C15H13F2N3O3/c1-19-7-12-13(15(22)23-5-4-16)18-8-20(12)11-3-2-9(17)6-10(11)14(19)21/h2-3,6,8H,4-5,7H2,1H3/i16-1. The highest BCUT2D eigenvalue weighted by molar-refractivity contribution is 5.99. The van der Waals surface area contributed by atoms with Crippen molar-refractivity contribution in [2.24, 2.45) is 0 Å². The van der Waals surface area contributed by atoms with Crippen molar-refractivity contribution >= 4 is 11.9 Å². The van der Waals surface area contributed by atoms with Crippen molar-refractivity contribution in [1.82, 2.24) is 14.5 Å². The minimum Gasteiger partial charge on any atom is -0.458 e. The largest absolute Gasteiger partial charge is 0.458 e. The number of alkyl halides is 1. The zero-order valence-corrected chi connectivity index (χ0v) is 12.3. The van der Waals surface area contributed by atoms with Gasteiger partial charge in [0.05, 0.1) is 23.5 Å². The van der Waals surface area contributed by atoms with Crippen molar-refractivity contribution < 1.29 is 23.1 Å². The van der Waals surface area contributed by atoms with Crippen molar-refractivity contribution in [3.8, 4) is 5.69 Å². The number of ether oxygens (including phenoxy) is 1. The van der Waals surface area contributed by atoms with Gasteiger partial charge in [0, 0.05) is 7.05 Å². The Balaban J connectivity index is 2.12. The third-order valence-electron chi connectivity index (χ3n) is 3.55. The normalized spacial score (nSPS) is 13.3. The number of carbonyl (C=O) groups excluding carboxylic acids is 2. The molecule has 0 aliphatic carbocycles. The number of esters is 1. The summed E-state index contributed by atoms with van der Waals surface area (Å²) in [5.74, 6) is -1.66. The maximum atomic E-state index is 13.5. The molecule has 0 fully saturated rings. The molecule has 0 radical (unpaired) electrons. The summed E-state index contributed by atoms with van der Waals surface area (Å²) in [5, 5.41) is 0. The highest BCUT2D eigenvalue weighted by atomic mass is 19.1. The van der Waals surface area contributed by atoms with Gasteiger partial charge in [-0.1, -0.05) is 0 Å². The Morgan fingerprint density at radius 3 is 2.96 bits per heavy atom. The first-order valence-electron chi connectivity index (χ1n) is 6.87. The zero-order valence-electron chi connectivity index (χ0n) is 12.3. The summed E-state index contributed by atoms with van der Waals surface area (Å²) >= 11 is 0. The van der Waals surface area contributed by atoms with Crippen LogP contribution in [0.25, 0.3) is 5.69 Å². The monoisotopic (exact) mass is 320 g/mol. The summed E-state index contributed by atoms with van der Waals surface area (Å²) < 4.78 is 31.9. The number of hydrogen-bond acceptors (Lipinski definition) is 4. The van der Waals surface area contributed by atoms with Crippen LogP contribution < -0.4 is 0 Å². The van der Waals surface area contributed by atoms with Crippen LogP contribution in [0.5, 0.6) is 0 Å². The molecule has 0 spiro atoms. The zero-order chi connectivity index (χ0) is 16.6.